The maximum atomic E-state index is 10.9. The van der Waals surface area contributed by atoms with Gasteiger partial charge in [-0.15, -0.1) is 0 Å². The summed E-state index contributed by atoms with van der Waals surface area (Å²) < 4.78 is 8.90. The summed E-state index contributed by atoms with van der Waals surface area (Å²) in [5, 5.41) is 0. The van der Waals surface area contributed by atoms with Crippen molar-refractivity contribution in [1.29, 1.82) is 0 Å². The Hall–Kier alpha value is -0.440. The van der Waals surface area contributed by atoms with Crippen LogP contribution in [0.1, 0.15) is 0 Å². The van der Waals surface area contributed by atoms with Crippen molar-refractivity contribution >= 4 is 34.0 Å². The third-order valence-electron chi connectivity index (χ3n) is 1.30. The van der Waals surface area contributed by atoms with Crippen molar-refractivity contribution in [1.82, 2.24) is 0 Å². The Morgan fingerprint density at radius 2 is 2.00 bits per heavy atom. The lowest BCUT2D eigenvalue weighted by molar-refractivity contribution is -0.141. The zero-order valence-corrected chi connectivity index (χ0v) is 9.88. The third-order valence-corrected chi connectivity index (χ3v) is 3.74. The lowest BCUT2D eigenvalue weighted by Crippen LogP contribution is -2.33. The van der Waals surface area contributed by atoms with E-state index in [1.54, 1.807) is 0 Å². The van der Waals surface area contributed by atoms with Gasteiger partial charge < -0.3 is 15.2 Å². The molecule has 8 heteroatoms. The van der Waals surface area contributed by atoms with Crippen molar-refractivity contribution in [3.63, 3.8) is 0 Å². The Balaban J connectivity index is 3.45. The van der Waals surface area contributed by atoms with Crippen LogP contribution in [0.5, 0.6) is 0 Å². The van der Waals surface area contributed by atoms with Gasteiger partial charge in [-0.05, 0) is 0 Å². The van der Waals surface area contributed by atoms with E-state index in [2.05, 4.69) is 9.47 Å². The van der Waals surface area contributed by atoms with Crippen molar-refractivity contribution in [2.24, 2.45) is 11.5 Å². The molecule has 88 valence electrons. The van der Waals surface area contributed by atoms with Crippen LogP contribution in [0, 0.1) is 0 Å². The Morgan fingerprint density at radius 3 is 2.53 bits per heavy atom. The number of esters is 1. The molecule has 0 amide bonds. The summed E-state index contributed by atoms with van der Waals surface area (Å²) in [6.07, 6.45) is -0.630. The monoisotopic (exact) mass is 254 g/mol. The van der Waals surface area contributed by atoms with Crippen LogP contribution in [-0.4, -0.2) is 43.3 Å². The molecule has 0 radical (unpaired) electrons. The van der Waals surface area contributed by atoms with Crippen LogP contribution in [0.4, 0.5) is 0 Å². The van der Waals surface area contributed by atoms with Crippen LogP contribution in [0.2, 0.25) is 0 Å². The van der Waals surface area contributed by atoms with E-state index >= 15 is 0 Å². The first-order valence-corrected chi connectivity index (χ1v) is 6.53. The minimum atomic E-state index is -0.643. The summed E-state index contributed by atoms with van der Waals surface area (Å²) >= 11 is 0. The molecule has 0 spiro atoms. The van der Waals surface area contributed by atoms with Gasteiger partial charge in [-0.2, -0.15) is 0 Å². The molecular formula is C7H14N2O4S2. The maximum absolute atomic E-state index is 10.9. The summed E-state index contributed by atoms with van der Waals surface area (Å²) in [6.45, 7) is 0.302. The predicted molar refractivity (Wildman–Crippen MR) is 60.0 cm³/mol. The molecule has 0 fully saturated rings. The Bertz CT molecular complexity index is 205. The summed E-state index contributed by atoms with van der Waals surface area (Å²) in [6, 6.07) is -0.643. The standard InChI is InChI=1S/C7H14N2O4S2/c1-12-7(11)5(8)2-14-15-3-6(9)13-4-10/h4-6H,2-3,8-9H2,1H3. The SMILES string of the molecule is COC(=O)C(N)CSSCC(N)OC=O. The first-order chi connectivity index (χ1) is 7.11. The van der Waals surface area contributed by atoms with E-state index in [1.165, 1.54) is 28.7 Å². The van der Waals surface area contributed by atoms with E-state index in [9.17, 15) is 9.59 Å². The van der Waals surface area contributed by atoms with Crippen LogP contribution in [0.15, 0.2) is 0 Å². The zero-order valence-electron chi connectivity index (χ0n) is 8.25. The van der Waals surface area contributed by atoms with E-state index in [0.29, 0.717) is 18.0 Å². The third kappa shape index (κ3) is 7.48. The van der Waals surface area contributed by atoms with Crippen LogP contribution >= 0.6 is 21.6 Å². The topological polar surface area (TPSA) is 105 Å². The summed E-state index contributed by atoms with van der Waals surface area (Å²) in [7, 11) is 4.04. The molecule has 2 unspecified atom stereocenters. The van der Waals surface area contributed by atoms with Crippen molar-refractivity contribution < 1.29 is 19.1 Å². The molecule has 0 heterocycles. The van der Waals surface area contributed by atoms with Gasteiger partial charge in [0.1, 0.15) is 6.04 Å². The fourth-order valence-electron chi connectivity index (χ4n) is 0.567. The quantitative estimate of drug-likeness (QED) is 0.193. The van der Waals surface area contributed by atoms with Crippen molar-refractivity contribution in [3.05, 3.63) is 0 Å². The highest BCUT2D eigenvalue weighted by Crippen LogP contribution is 2.22. The van der Waals surface area contributed by atoms with E-state index < -0.39 is 18.2 Å². The molecule has 0 aromatic heterocycles. The van der Waals surface area contributed by atoms with E-state index in [4.69, 9.17) is 11.5 Å². The van der Waals surface area contributed by atoms with Gasteiger partial charge in [0.05, 0.1) is 12.9 Å². The molecular weight excluding hydrogens is 240 g/mol. The number of carbonyl (C=O) groups excluding carboxylic acids is 2. The highest BCUT2D eigenvalue weighted by Gasteiger charge is 2.13. The van der Waals surface area contributed by atoms with Crippen LogP contribution in [0.25, 0.3) is 0 Å². The second kappa shape index (κ2) is 8.84. The van der Waals surface area contributed by atoms with Crippen molar-refractivity contribution in [3.8, 4) is 0 Å². The molecule has 4 N–H and O–H groups in total. The predicted octanol–water partition coefficient (Wildman–Crippen LogP) is -0.674. The normalized spacial score (nSPS) is 14.1. The van der Waals surface area contributed by atoms with Crippen LogP contribution in [-0.2, 0) is 19.1 Å². The lowest BCUT2D eigenvalue weighted by atomic mass is 10.4. The van der Waals surface area contributed by atoms with Gasteiger partial charge >= 0.3 is 5.97 Å². The number of hydrogen-bond acceptors (Lipinski definition) is 8. The molecule has 6 nitrogen and oxygen atoms in total. The molecule has 0 aliphatic carbocycles. The van der Waals surface area contributed by atoms with E-state index in [1.807, 2.05) is 0 Å². The molecule has 0 aromatic carbocycles. The number of ether oxygens (including phenoxy) is 2. The second-order valence-electron chi connectivity index (χ2n) is 2.47. The molecule has 0 aromatic rings. The molecule has 0 aliphatic rings. The minimum absolute atomic E-state index is 0.302. The molecule has 0 saturated carbocycles. The largest absolute Gasteiger partial charge is 0.468 e. The highest BCUT2D eigenvalue weighted by molar-refractivity contribution is 8.76. The summed E-state index contributed by atoms with van der Waals surface area (Å²) in [5.74, 6) is 0.416. The number of nitrogens with two attached hydrogens (primary N) is 2. The zero-order chi connectivity index (χ0) is 11.7. The van der Waals surface area contributed by atoms with Gasteiger partial charge in [0.25, 0.3) is 6.47 Å². The molecule has 0 rings (SSSR count). The number of methoxy groups -OCH3 is 1. The van der Waals surface area contributed by atoms with Gasteiger partial charge in [-0.1, -0.05) is 21.6 Å². The van der Waals surface area contributed by atoms with E-state index in [-0.39, 0.29) is 0 Å². The average Bonchev–Trinajstić information content (AvgIpc) is 2.23. The molecule has 0 saturated heterocycles. The fraction of sp³-hybridized carbons (Fsp3) is 0.714. The van der Waals surface area contributed by atoms with Gasteiger partial charge in [0.2, 0.25) is 0 Å². The number of rotatable bonds is 8. The Kier molecular flexibility index (Phi) is 8.58. The van der Waals surface area contributed by atoms with Gasteiger partial charge in [0, 0.05) is 5.75 Å². The summed E-state index contributed by atoms with van der Waals surface area (Å²) in [4.78, 5) is 20.8. The van der Waals surface area contributed by atoms with Crippen molar-refractivity contribution in [2.75, 3.05) is 18.6 Å². The van der Waals surface area contributed by atoms with Crippen LogP contribution < -0.4 is 11.5 Å². The molecule has 2 atom stereocenters. The average molecular weight is 254 g/mol. The Labute approximate surface area is 95.8 Å². The smallest absolute Gasteiger partial charge is 0.323 e. The Morgan fingerprint density at radius 1 is 1.40 bits per heavy atom. The van der Waals surface area contributed by atoms with Gasteiger partial charge in [-0.25, -0.2) is 0 Å². The second-order valence-corrected chi connectivity index (χ2v) is 5.02. The fourth-order valence-corrected chi connectivity index (χ4v) is 2.67. The number of hydrogen-bond donors (Lipinski definition) is 2. The first-order valence-electron chi connectivity index (χ1n) is 4.04. The van der Waals surface area contributed by atoms with Gasteiger partial charge in [-0.3, -0.25) is 15.3 Å². The molecule has 15 heavy (non-hydrogen) atoms. The number of carbonyl (C=O) groups is 2. The maximum Gasteiger partial charge on any atom is 0.323 e. The minimum Gasteiger partial charge on any atom is -0.468 e. The lowest BCUT2D eigenvalue weighted by Gasteiger charge is -2.10. The highest BCUT2D eigenvalue weighted by atomic mass is 33.1. The van der Waals surface area contributed by atoms with Crippen LogP contribution in [0.3, 0.4) is 0 Å². The summed E-state index contributed by atoms with van der Waals surface area (Å²) in [5.41, 5.74) is 10.9. The van der Waals surface area contributed by atoms with Gasteiger partial charge in [0.15, 0.2) is 6.23 Å². The molecule has 0 bridgehead atoms. The first kappa shape index (κ1) is 14.6. The van der Waals surface area contributed by atoms with Crippen molar-refractivity contribution in [2.45, 2.75) is 12.3 Å². The molecule has 0 aliphatic heterocycles. The van der Waals surface area contributed by atoms with E-state index in [0.717, 1.165) is 0 Å².